The van der Waals surface area contributed by atoms with Crippen LogP contribution in [0.2, 0.25) is 0 Å². The Morgan fingerprint density at radius 2 is 1.94 bits per heavy atom. The number of hydrogen-bond donors (Lipinski definition) is 1. The van der Waals surface area contributed by atoms with Gasteiger partial charge in [-0.2, -0.15) is 5.10 Å². The molecule has 184 valence electrons. The molecule has 11 heteroatoms. The highest BCUT2D eigenvalue weighted by Gasteiger charge is 2.24. The first kappa shape index (κ1) is 24.2. The number of imidazole rings is 1. The zero-order chi connectivity index (χ0) is 24.1. The maximum atomic E-state index is 13.0. The normalized spacial score (nSPS) is 15.9. The Morgan fingerprint density at radius 1 is 1.15 bits per heavy atom. The number of fused-ring (bicyclic) bond motifs is 1. The van der Waals surface area contributed by atoms with Crippen LogP contribution in [0.3, 0.4) is 0 Å². The van der Waals surface area contributed by atoms with E-state index in [9.17, 15) is 13.2 Å². The van der Waals surface area contributed by atoms with Crippen LogP contribution in [0.25, 0.3) is 0 Å². The minimum absolute atomic E-state index is 0.0716. The van der Waals surface area contributed by atoms with Gasteiger partial charge in [0.2, 0.25) is 10.0 Å². The second-order valence-corrected chi connectivity index (χ2v) is 10.4. The lowest BCUT2D eigenvalue weighted by Crippen LogP contribution is -2.42. The summed E-state index contributed by atoms with van der Waals surface area (Å²) in [4.78, 5) is 17.6. The first-order valence-corrected chi connectivity index (χ1v) is 13.3. The van der Waals surface area contributed by atoms with Crippen LogP contribution in [0.4, 0.5) is 5.69 Å². The zero-order valence-electron chi connectivity index (χ0n) is 19.7. The Morgan fingerprint density at radius 3 is 2.62 bits per heavy atom. The third-order valence-corrected chi connectivity index (χ3v) is 7.82. The van der Waals surface area contributed by atoms with Gasteiger partial charge in [-0.25, -0.2) is 13.4 Å². The number of nitrogens with one attached hydrogen (secondary N) is 1. The third kappa shape index (κ3) is 5.25. The molecule has 0 atom stereocenters. The van der Waals surface area contributed by atoms with Crippen LogP contribution in [-0.2, 0) is 40.7 Å². The van der Waals surface area contributed by atoms with Crippen molar-refractivity contribution >= 4 is 28.0 Å². The van der Waals surface area contributed by atoms with E-state index >= 15 is 0 Å². The van der Waals surface area contributed by atoms with Gasteiger partial charge in [-0.1, -0.05) is 19.1 Å². The fraction of sp³-hybridized carbons (Fsp3) is 0.522. The predicted molar refractivity (Wildman–Crippen MR) is 130 cm³/mol. The third-order valence-electron chi connectivity index (χ3n) is 6.14. The van der Waals surface area contributed by atoms with E-state index in [1.165, 1.54) is 17.8 Å². The van der Waals surface area contributed by atoms with Crippen molar-refractivity contribution in [2.45, 2.75) is 45.7 Å². The Hall–Kier alpha value is -2.92. The fourth-order valence-corrected chi connectivity index (χ4v) is 5.39. The standard InChI is InChI=1S/C23H32N6O4S/c1-3-20-22(28-11-5-4-6-21(28)26-20)23(30)24-16-18-7-9-19(10-8-18)29-13-12-27(17-25-29)34(31,32)15-14-33-2/h7-10,17H,3-6,11-16H2,1-2H3,(H,24,30). The van der Waals surface area contributed by atoms with Crippen molar-refractivity contribution in [2.75, 3.05) is 37.6 Å². The van der Waals surface area contributed by atoms with Crippen molar-refractivity contribution in [1.29, 1.82) is 0 Å². The maximum Gasteiger partial charge on any atom is 0.270 e. The largest absolute Gasteiger partial charge is 0.384 e. The summed E-state index contributed by atoms with van der Waals surface area (Å²) in [6.45, 7) is 4.21. The molecule has 0 unspecified atom stereocenters. The number of aryl methyl sites for hydroxylation is 2. The van der Waals surface area contributed by atoms with Gasteiger partial charge in [0.25, 0.3) is 5.91 Å². The molecule has 0 bridgehead atoms. The SMILES string of the molecule is CCc1nc2n(c1C(=O)NCc1ccc(N3CCN(S(=O)(=O)CCOC)C=N3)cc1)CCCC2. The van der Waals surface area contributed by atoms with E-state index in [-0.39, 0.29) is 18.3 Å². The van der Waals surface area contributed by atoms with E-state index in [0.717, 1.165) is 55.0 Å². The number of hydrazone groups is 1. The number of carbonyl (C=O) groups excluding carboxylic acids is 1. The summed E-state index contributed by atoms with van der Waals surface area (Å²) in [7, 11) is -1.94. The van der Waals surface area contributed by atoms with E-state index in [2.05, 4.69) is 20.0 Å². The van der Waals surface area contributed by atoms with Gasteiger partial charge >= 0.3 is 0 Å². The molecule has 2 aliphatic rings. The van der Waals surface area contributed by atoms with E-state index in [1.54, 1.807) is 5.01 Å². The van der Waals surface area contributed by atoms with Crippen molar-refractivity contribution in [3.05, 3.63) is 47.0 Å². The number of rotatable bonds is 9. The number of hydrogen-bond acceptors (Lipinski definition) is 7. The molecule has 3 heterocycles. The molecule has 1 aromatic heterocycles. The summed E-state index contributed by atoms with van der Waals surface area (Å²) < 4.78 is 32.7. The van der Waals surface area contributed by atoms with E-state index < -0.39 is 10.0 Å². The molecule has 1 aromatic carbocycles. The van der Waals surface area contributed by atoms with Crippen LogP contribution in [0.1, 0.15) is 47.3 Å². The van der Waals surface area contributed by atoms with Crippen molar-refractivity contribution < 1.29 is 17.9 Å². The molecule has 0 fully saturated rings. The summed E-state index contributed by atoms with van der Waals surface area (Å²) in [5, 5.41) is 9.09. The Kier molecular flexibility index (Phi) is 7.52. The monoisotopic (exact) mass is 488 g/mol. The van der Waals surface area contributed by atoms with Crippen LogP contribution in [0.5, 0.6) is 0 Å². The lowest BCUT2D eigenvalue weighted by atomic mass is 10.1. The van der Waals surface area contributed by atoms with Crippen LogP contribution < -0.4 is 10.3 Å². The van der Waals surface area contributed by atoms with Crippen LogP contribution >= 0.6 is 0 Å². The molecule has 0 aliphatic carbocycles. The second-order valence-electron chi connectivity index (χ2n) is 8.41. The number of aromatic nitrogens is 2. The Balaban J connectivity index is 1.36. The van der Waals surface area contributed by atoms with Gasteiger partial charge in [-0.05, 0) is 37.0 Å². The first-order valence-electron chi connectivity index (χ1n) is 11.7. The average molecular weight is 489 g/mol. The number of amides is 1. The average Bonchev–Trinajstić information content (AvgIpc) is 3.25. The number of ether oxygens (including phenoxy) is 1. The molecule has 4 rings (SSSR count). The number of nitrogens with zero attached hydrogens (tertiary/aromatic N) is 5. The number of carbonyl (C=O) groups is 1. The first-order chi connectivity index (χ1) is 16.4. The van der Waals surface area contributed by atoms with Gasteiger partial charge in [0.05, 0.1) is 36.8 Å². The van der Waals surface area contributed by atoms with Crippen molar-refractivity contribution in [3.63, 3.8) is 0 Å². The van der Waals surface area contributed by atoms with Crippen molar-refractivity contribution in [3.8, 4) is 0 Å². The van der Waals surface area contributed by atoms with Gasteiger partial charge in [-0.15, -0.1) is 0 Å². The number of benzene rings is 1. The number of sulfonamides is 1. The number of methoxy groups -OCH3 is 1. The summed E-state index contributed by atoms with van der Waals surface area (Å²) in [6.07, 6.45) is 5.21. The molecule has 2 aliphatic heterocycles. The molecule has 0 saturated heterocycles. The van der Waals surface area contributed by atoms with Gasteiger partial charge in [0.15, 0.2) is 0 Å². The molecule has 0 spiro atoms. The molecule has 10 nitrogen and oxygen atoms in total. The van der Waals surface area contributed by atoms with Gasteiger partial charge in [-0.3, -0.25) is 14.1 Å². The minimum atomic E-state index is -3.42. The highest BCUT2D eigenvalue weighted by molar-refractivity contribution is 7.89. The lowest BCUT2D eigenvalue weighted by molar-refractivity contribution is 0.0939. The number of anilines is 1. The highest BCUT2D eigenvalue weighted by atomic mass is 32.2. The molecular weight excluding hydrogens is 456 g/mol. The molecule has 34 heavy (non-hydrogen) atoms. The fourth-order valence-electron chi connectivity index (χ4n) is 4.23. The van der Waals surface area contributed by atoms with Crippen molar-refractivity contribution in [1.82, 2.24) is 19.2 Å². The van der Waals surface area contributed by atoms with E-state index in [1.807, 2.05) is 31.2 Å². The Labute approximate surface area is 200 Å². The van der Waals surface area contributed by atoms with Gasteiger partial charge in [0, 0.05) is 26.6 Å². The summed E-state index contributed by atoms with van der Waals surface area (Å²) in [5.41, 5.74) is 3.39. The predicted octanol–water partition coefficient (Wildman–Crippen LogP) is 1.75. The molecule has 2 aromatic rings. The minimum Gasteiger partial charge on any atom is -0.384 e. The lowest BCUT2D eigenvalue weighted by Gasteiger charge is -2.29. The second kappa shape index (κ2) is 10.6. The molecular formula is C23H32N6O4S. The summed E-state index contributed by atoms with van der Waals surface area (Å²) in [6, 6.07) is 7.73. The Bertz CT molecular complexity index is 1140. The van der Waals surface area contributed by atoms with Gasteiger partial charge < -0.3 is 14.6 Å². The molecule has 1 N–H and O–H groups in total. The zero-order valence-corrected chi connectivity index (χ0v) is 20.6. The van der Waals surface area contributed by atoms with Gasteiger partial charge in [0.1, 0.15) is 17.9 Å². The van der Waals surface area contributed by atoms with Crippen LogP contribution in [-0.4, -0.2) is 67.1 Å². The topological polar surface area (TPSA) is 109 Å². The van der Waals surface area contributed by atoms with Crippen LogP contribution in [0.15, 0.2) is 29.4 Å². The van der Waals surface area contributed by atoms with E-state index in [0.29, 0.717) is 25.3 Å². The molecule has 1 amide bonds. The summed E-state index contributed by atoms with van der Waals surface area (Å²) in [5.74, 6) is 0.861. The smallest absolute Gasteiger partial charge is 0.270 e. The van der Waals surface area contributed by atoms with Crippen LogP contribution in [0, 0.1) is 0 Å². The highest BCUT2D eigenvalue weighted by Crippen LogP contribution is 2.21. The molecule has 0 saturated carbocycles. The quantitative estimate of drug-likeness (QED) is 0.576. The molecule has 0 radical (unpaired) electrons. The maximum absolute atomic E-state index is 13.0. The van der Waals surface area contributed by atoms with E-state index in [4.69, 9.17) is 4.74 Å². The summed E-state index contributed by atoms with van der Waals surface area (Å²) >= 11 is 0. The van der Waals surface area contributed by atoms with Crippen molar-refractivity contribution in [2.24, 2.45) is 5.10 Å².